The van der Waals surface area contributed by atoms with Crippen LogP contribution in [0.4, 0.5) is 16.2 Å². The van der Waals surface area contributed by atoms with Gasteiger partial charge in [-0.15, -0.1) is 0 Å². The molecule has 0 saturated carbocycles. The van der Waals surface area contributed by atoms with Crippen molar-refractivity contribution in [1.29, 1.82) is 0 Å². The lowest BCUT2D eigenvalue weighted by Crippen LogP contribution is -2.48. The van der Waals surface area contributed by atoms with Crippen LogP contribution in [-0.4, -0.2) is 26.2 Å². The van der Waals surface area contributed by atoms with Gasteiger partial charge >= 0.3 is 6.03 Å². The van der Waals surface area contributed by atoms with Crippen LogP contribution in [0.15, 0.2) is 109 Å². The number of anilines is 2. The molecule has 1 heterocycles. The number of hydrogen-bond acceptors (Lipinski definition) is 4. The first-order chi connectivity index (χ1) is 17.1. The quantitative estimate of drug-likeness (QED) is 0.348. The van der Waals surface area contributed by atoms with E-state index in [9.17, 15) is 9.59 Å². The van der Waals surface area contributed by atoms with Gasteiger partial charge in [-0.25, -0.2) is 9.69 Å². The van der Waals surface area contributed by atoms with Gasteiger partial charge in [0.15, 0.2) is 5.54 Å². The molecule has 0 atom stereocenters. The second kappa shape index (κ2) is 8.99. The van der Waals surface area contributed by atoms with Gasteiger partial charge in [0.25, 0.3) is 5.91 Å². The number of methoxy groups -OCH3 is 2. The van der Waals surface area contributed by atoms with Crippen LogP contribution in [0.3, 0.4) is 0 Å². The molecule has 6 heteroatoms. The van der Waals surface area contributed by atoms with Crippen molar-refractivity contribution < 1.29 is 19.1 Å². The second-order valence-electron chi connectivity index (χ2n) is 8.10. The number of carbonyl (C=O) groups excluding carboxylic acids is 2. The highest BCUT2D eigenvalue weighted by Crippen LogP contribution is 2.47. The average Bonchev–Trinajstić information content (AvgIpc) is 3.16. The van der Waals surface area contributed by atoms with Crippen molar-refractivity contribution in [2.75, 3.05) is 24.0 Å². The second-order valence-corrected chi connectivity index (χ2v) is 8.10. The van der Waals surface area contributed by atoms with Gasteiger partial charge in [-0.3, -0.25) is 9.69 Å². The third kappa shape index (κ3) is 3.51. The Morgan fingerprint density at radius 1 is 0.571 bits per heavy atom. The van der Waals surface area contributed by atoms with Gasteiger partial charge in [-0.1, -0.05) is 60.7 Å². The molecule has 6 nitrogen and oxygen atoms in total. The number of benzene rings is 4. The third-order valence-electron chi connectivity index (χ3n) is 6.27. The molecule has 0 N–H and O–H groups in total. The number of hydrogen-bond donors (Lipinski definition) is 0. The molecule has 174 valence electrons. The van der Waals surface area contributed by atoms with Crippen LogP contribution in [0, 0.1) is 0 Å². The van der Waals surface area contributed by atoms with Crippen LogP contribution < -0.4 is 19.3 Å². The van der Waals surface area contributed by atoms with Crippen molar-refractivity contribution in [3.8, 4) is 11.5 Å². The zero-order valence-electron chi connectivity index (χ0n) is 19.4. The summed E-state index contributed by atoms with van der Waals surface area (Å²) in [7, 11) is 3.16. The Morgan fingerprint density at radius 3 is 1.43 bits per heavy atom. The van der Waals surface area contributed by atoms with E-state index in [2.05, 4.69) is 0 Å². The predicted molar refractivity (Wildman–Crippen MR) is 135 cm³/mol. The van der Waals surface area contributed by atoms with Gasteiger partial charge in [0.05, 0.1) is 19.9 Å². The number of nitrogens with zero attached hydrogens (tertiary/aromatic N) is 2. The van der Waals surface area contributed by atoms with E-state index >= 15 is 0 Å². The zero-order valence-corrected chi connectivity index (χ0v) is 19.4. The van der Waals surface area contributed by atoms with Crippen LogP contribution in [0.2, 0.25) is 0 Å². The number of imide groups is 1. The standard InChI is InChI=1S/C29H24N2O4/c1-34-25-17-13-23(14-18-25)30-27(32)29(21-9-5-3-6-10-21,22-11-7-4-8-12-22)31(28(30)33)24-15-19-26(35-2)20-16-24/h3-20H,1-2H3. The lowest BCUT2D eigenvalue weighted by molar-refractivity contribution is -0.120. The summed E-state index contributed by atoms with van der Waals surface area (Å²) < 4.78 is 10.6. The number of urea groups is 1. The molecular weight excluding hydrogens is 440 g/mol. The van der Waals surface area contributed by atoms with E-state index in [-0.39, 0.29) is 5.91 Å². The predicted octanol–water partition coefficient (Wildman–Crippen LogP) is 5.62. The number of amides is 3. The molecule has 0 unspecified atom stereocenters. The maximum absolute atomic E-state index is 14.5. The maximum Gasteiger partial charge on any atom is 0.337 e. The van der Waals surface area contributed by atoms with Crippen molar-refractivity contribution in [2.24, 2.45) is 0 Å². The fraction of sp³-hybridized carbons (Fsp3) is 0.103. The molecule has 1 aliphatic rings. The van der Waals surface area contributed by atoms with Gasteiger partial charge in [-0.05, 0) is 59.7 Å². The van der Waals surface area contributed by atoms with Crippen molar-refractivity contribution in [1.82, 2.24) is 0 Å². The topological polar surface area (TPSA) is 59.1 Å². The van der Waals surface area contributed by atoms with Crippen LogP contribution in [-0.2, 0) is 10.3 Å². The Morgan fingerprint density at radius 2 is 1.00 bits per heavy atom. The monoisotopic (exact) mass is 464 g/mol. The Bertz CT molecular complexity index is 1300. The van der Waals surface area contributed by atoms with Gasteiger partial charge in [-0.2, -0.15) is 0 Å². The smallest absolute Gasteiger partial charge is 0.337 e. The van der Waals surface area contributed by atoms with Crippen molar-refractivity contribution in [2.45, 2.75) is 5.54 Å². The molecule has 4 aromatic carbocycles. The molecule has 0 aromatic heterocycles. The minimum absolute atomic E-state index is 0.360. The molecule has 35 heavy (non-hydrogen) atoms. The van der Waals surface area contributed by atoms with E-state index in [0.29, 0.717) is 34.0 Å². The van der Waals surface area contributed by atoms with Crippen molar-refractivity contribution >= 4 is 23.3 Å². The molecule has 1 saturated heterocycles. The Kier molecular flexibility index (Phi) is 5.71. The maximum atomic E-state index is 14.5. The minimum atomic E-state index is -1.41. The number of ether oxygens (including phenoxy) is 2. The van der Waals surface area contributed by atoms with E-state index in [1.165, 1.54) is 4.90 Å². The summed E-state index contributed by atoms with van der Waals surface area (Å²) in [5.41, 5.74) is 1.02. The van der Waals surface area contributed by atoms with Crippen molar-refractivity contribution in [3.63, 3.8) is 0 Å². The molecule has 3 amide bonds. The molecule has 0 spiro atoms. The first-order valence-corrected chi connectivity index (χ1v) is 11.2. The molecule has 0 radical (unpaired) electrons. The van der Waals surface area contributed by atoms with Gasteiger partial charge in [0, 0.05) is 5.69 Å². The summed E-state index contributed by atoms with van der Waals surface area (Å²) in [5, 5.41) is 0. The van der Waals surface area contributed by atoms with Crippen molar-refractivity contribution in [3.05, 3.63) is 120 Å². The molecule has 5 rings (SSSR count). The Balaban J connectivity index is 1.79. The number of rotatable bonds is 6. The first kappa shape index (κ1) is 22.2. The molecule has 1 fully saturated rings. The van der Waals surface area contributed by atoms with Gasteiger partial charge in [0.1, 0.15) is 11.5 Å². The summed E-state index contributed by atoms with van der Waals surface area (Å²) in [4.78, 5) is 31.5. The van der Waals surface area contributed by atoms with E-state index in [1.807, 2.05) is 60.7 Å². The summed E-state index contributed by atoms with van der Waals surface area (Å²) in [6.45, 7) is 0. The highest BCUT2D eigenvalue weighted by atomic mass is 16.5. The van der Waals surface area contributed by atoms with E-state index in [4.69, 9.17) is 9.47 Å². The van der Waals surface area contributed by atoms with Crippen LogP contribution in [0.5, 0.6) is 11.5 Å². The normalized spacial score (nSPS) is 14.8. The largest absolute Gasteiger partial charge is 0.497 e. The van der Waals surface area contributed by atoms with Gasteiger partial charge in [0.2, 0.25) is 0 Å². The summed E-state index contributed by atoms with van der Waals surface area (Å²) in [6.07, 6.45) is 0. The highest BCUT2D eigenvalue weighted by molar-refractivity contribution is 6.31. The SMILES string of the molecule is COc1ccc(N2C(=O)N(c3ccc(OC)cc3)C(c3ccccc3)(c3ccccc3)C2=O)cc1. The van der Waals surface area contributed by atoms with Gasteiger partial charge < -0.3 is 9.47 Å². The molecule has 0 bridgehead atoms. The molecule has 0 aliphatic carbocycles. The first-order valence-electron chi connectivity index (χ1n) is 11.2. The average molecular weight is 465 g/mol. The number of carbonyl (C=O) groups is 2. The van der Waals surface area contributed by atoms with E-state index in [0.717, 1.165) is 0 Å². The Hall–Kier alpha value is -4.58. The van der Waals surface area contributed by atoms with E-state index < -0.39 is 11.6 Å². The third-order valence-corrected chi connectivity index (χ3v) is 6.27. The minimum Gasteiger partial charge on any atom is -0.497 e. The van der Waals surface area contributed by atoms with E-state index in [1.54, 1.807) is 67.7 Å². The highest BCUT2D eigenvalue weighted by Gasteiger charge is 2.60. The molecule has 1 aliphatic heterocycles. The molecule has 4 aromatic rings. The lowest BCUT2D eigenvalue weighted by atomic mass is 9.81. The fourth-order valence-electron chi connectivity index (χ4n) is 4.61. The van der Waals surface area contributed by atoms with Crippen LogP contribution in [0.25, 0.3) is 0 Å². The summed E-state index contributed by atoms with van der Waals surface area (Å²) in [5.74, 6) is 0.932. The Labute approximate surface area is 203 Å². The fourth-order valence-corrected chi connectivity index (χ4v) is 4.61. The molecular formula is C29H24N2O4. The van der Waals surface area contributed by atoms with Crippen LogP contribution in [0.1, 0.15) is 11.1 Å². The summed E-state index contributed by atoms with van der Waals surface area (Å²) >= 11 is 0. The lowest BCUT2D eigenvalue weighted by Gasteiger charge is -2.36. The summed E-state index contributed by atoms with van der Waals surface area (Å²) in [6, 6.07) is 32.4. The zero-order chi connectivity index (χ0) is 24.4. The van der Waals surface area contributed by atoms with Crippen LogP contribution >= 0.6 is 0 Å².